The van der Waals surface area contributed by atoms with Gasteiger partial charge in [0.25, 0.3) is 0 Å². The lowest BCUT2D eigenvalue weighted by Gasteiger charge is -2.28. The van der Waals surface area contributed by atoms with Crippen molar-refractivity contribution in [1.82, 2.24) is 9.80 Å². The lowest BCUT2D eigenvalue weighted by Crippen LogP contribution is -2.45. The molecule has 3 amide bonds. The number of nitrogens with one attached hydrogen (secondary N) is 1. The number of anilines is 1. The third-order valence-corrected chi connectivity index (χ3v) is 6.59. The van der Waals surface area contributed by atoms with E-state index in [0.29, 0.717) is 18.0 Å². The molecule has 0 aliphatic carbocycles. The van der Waals surface area contributed by atoms with E-state index in [2.05, 4.69) is 5.32 Å². The molecule has 0 unspecified atom stereocenters. The first kappa shape index (κ1) is 27.3. The normalized spacial score (nSPS) is 12.3. The number of amides is 3. The highest BCUT2D eigenvalue weighted by Gasteiger charge is 2.30. The van der Waals surface area contributed by atoms with Crippen molar-refractivity contribution >= 4 is 29.0 Å². The molecule has 4 rings (SSSR count). The summed E-state index contributed by atoms with van der Waals surface area (Å²) in [4.78, 5) is 30.4. The number of benzene rings is 2. The minimum absolute atomic E-state index is 0.103. The van der Waals surface area contributed by atoms with Crippen molar-refractivity contribution in [3.63, 3.8) is 0 Å². The second kappa shape index (κ2) is 12.2. The van der Waals surface area contributed by atoms with Crippen molar-refractivity contribution in [3.05, 3.63) is 76.0 Å². The van der Waals surface area contributed by atoms with Crippen molar-refractivity contribution < 1.29 is 37.0 Å². The molecular weight excluding hydrogens is 523 g/mol. The van der Waals surface area contributed by atoms with Gasteiger partial charge in [-0.25, -0.2) is 4.79 Å². The fourth-order valence-electron chi connectivity index (χ4n) is 3.74. The zero-order chi connectivity index (χ0) is 27.1. The second-order valence-electron chi connectivity index (χ2n) is 8.44. The number of carbonyl (C=O) groups excluding carboxylic acids is 2. The standard InChI is InChI=1S/C26H26F3N3O5S/c1-35-11-10-31(25(34)30-20-7-5-19(6-8-20)26(27,28)29)16-24(33)32(15-21-3-2-12-38-21)14-18-4-9-22-23(13-18)37-17-36-22/h2-9,12-13H,10-11,14-17H2,1H3,(H,30,34). The Morgan fingerprint density at radius 1 is 1.03 bits per heavy atom. The molecule has 0 saturated heterocycles. The number of carbonyl (C=O) groups is 2. The van der Waals surface area contributed by atoms with Crippen LogP contribution in [-0.2, 0) is 28.8 Å². The molecule has 2 heterocycles. The zero-order valence-electron chi connectivity index (χ0n) is 20.5. The molecule has 1 aromatic heterocycles. The number of rotatable bonds is 10. The lowest BCUT2D eigenvalue weighted by atomic mass is 10.2. The summed E-state index contributed by atoms with van der Waals surface area (Å²) in [5.41, 5.74) is 0.181. The summed E-state index contributed by atoms with van der Waals surface area (Å²) in [5.74, 6) is 0.925. The van der Waals surface area contributed by atoms with Gasteiger partial charge in [0.1, 0.15) is 6.54 Å². The first-order valence-electron chi connectivity index (χ1n) is 11.6. The summed E-state index contributed by atoms with van der Waals surface area (Å²) in [7, 11) is 1.47. The van der Waals surface area contributed by atoms with Crippen LogP contribution in [0.15, 0.2) is 60.0 Å². The van der Waals surface area contributed by atoms with Crippen molar-refractivity contribution in [2.24, 2.45) is 0 Å². The molecular formula is C26H26F3N3O5S. The van der Waals surface area contributed by atoms with E-state index in [-0.39, 0.29) is 44.6 Å². The highest BCUT2D eigenvalue weighted by atomic mass is 32.1. The van der Waals surface area contributed by atoms with Gasteiger partial charge in [0.15, 0.2) is 11.5 Å². The molecule has 202 valence electrons. The topological polar surface area (TPSA) is 80.3 Å². The summed E-state index contributed by atoms with van der Waals surface area (Å²) in [6, 6.07) is 12.7. The summed E-state index contributed by atoms with van der Waals surface area (Å²) in [5, 5.41) is 4.48. The molecule has 0 atom stereocenters. The molecule has 0 fully saturated rings. The van der Waals surface area contributed by atoms with E-state index in [9.17, 15) is 22.8 Å². The van der Waals surface area contributed by atoms with Crippen LogP contribution in [0.4, 0.5) is 23.7 Å². The van der Waals surface area contributed by atoms with Crippen LogP contribution in [0.2, 0.25) is 0 Å². The number of alkyl halides is 3. The van der Waals surface area contributed by atoms with Gasteiger partial charge in [-0.15, -0.1) is 11.3 Å². The zero-order valence-corrected chi connectivity index (χ0v) is 21.3. The van der Waals surface area contributed by atoms with Crippen molar-refractivity contribution in [2.45, 2.75) is 19.3 Å². The molecule has 1 aliphatic rings. The van der Waals surface area contributed by atoms with E-state index in [4.69, 9.17) is 14.2 Å². The summed E-state index contributed by atoms with van der Waals surface area (Å²) < 4.78 is 54.5. The number of urea groups is 1. The van der Waals surface area contributed by atoms with E-state index in [1.807, 2.05) is 29.6 Å². The highest BCUT2D eigenvalue weighted by molar-refractivity contribution is 7.09. The Kier molecular flexibility index (Phi) is 8.74. The van der Waals surface area contributed by atoms with Crippen molar-refractivity contribution in [2.75, 3.05) is 38.9 Å². The maximum atomic E-state index is 13.5. The van der Waals surface area contributed by atoms with E-state index >= 15 is 0 Å². The smallest absolute Gasteiger partial charge is 0.416 e. The Hall–Kier alpha value is -3.77. The first-order chi connectivity index (χ1) is 18.2. The van der Waals surface area contributed by atoms with Gasteiger partial charge in [-0.1, -0.05) is 12.1 Å². The third kappa shape index (κ3) is 7.17. The molecule has 0 saturated carbocycles. The number of halogens is 3. The van der Waals surface area contributed by atoms with Gasteiger partial charge in [-0.2, -0.15) is 13.2 Å². The average Bonchev–Trinajstić information content (AvgIpc) is 3.57. The van der Waals surface area contributed by atoms with Gasteiger partial charge in [-0.05, 0) is 53.4 Å². The number of hydrogen-bond donors (Lipinski definition) is 1. The minimum Gasteiger partial charge on any atom is -0.454 e. The van der Waals surface area contributed by atoms with Crippen LogP contribution < -0.4 is 14.8 Å². The summed E-state index contributed by atoms with van der Waals surface area (Å²) >= 11 is 1.51. The van der Waals surface area contributed by atoms with Crippen molar-refractivity contribution in [3.8, 4) is 11.5 Å². The van der Waals surface area contributed by atoms with E-state index < -0.39 is 17.8 Å². The van der Waals surface area contributed by atoms with Crippen LogP contribution in [0.1, 0.15) is 16.0 Å². The maximum Gasteiger partial charge on any atom is 0.416 e. The number of thiophene rings is 1. The average molecular weight is 550 g/mol. The Labute approximate surface area is 221 Å². The molecule has 12 heteroatoms. The molecule has 1 N–H and O–H groups in total. The van der Waals surface area contributed by atoms with Gasteiger partial charge in [-0.3, -0.25) is 4.79 Å². The molecule has 0 spiro atoms. The van der Waals surface area contributed by atoms with Gasteiger partial charge in [0.05, 0.1) is 18.7 Å². The van der Waals surface area contributed by atoms with Gasteiger partial charge < -0.3 is 29.3 Å². The number of nitrogens with zero attached hydrogens (tertiary/aromatic N) is 2. The molecule has 0 bridgehead atoms. The monoisotopic (exact) mass is 549 g/mol. The van der Waals surface area contributed by atoms with Crippen molar-refractivity contribution in [1.29, 1.82) is 0 Å². The van der Waals surface area contributed by atoms with Gasteiger partial charge >= 0.3 is 12.2 Å². The first-order valence-corrected chi connectivity index (χ1v) is 12.5. The Morgan fingerprint density at radius 3 is 2.47 bits per heavy atom. The number of methoxy groups -OCH3 is 1. The van der Waals surface area contributed by atoms with Crippen LogP contribution in [0.5, 0.6) is 11.5 Å². The van der Waals surface area contributed by atoms with Crippen LogP contribution in [0.3, 0.4) is 0 Å². The van der Waals surface area contributed by atoms with Gasteiger partial charge in [0, 0.05) is 30.8 Å². The summed E-state index contributed by atoms with van der Waals surface area (Å²) in [6.45, 7) is 0.757. The number of fused-ring (bicyclic) bond motifs is 1. The molecule has 8 nitrogen and oxygen atoms in total. The second-order valence-corrected chi connectivity index (χ2v) is 9.47. The Bertz CT molecular complexity index is 1240. The molecule has 3 aromatic rings. The van der Waals surface area contributed by atoms with Crippen LogP contribution in [0.25, 0.3) is 0 Å². The predicted octanol–water partition coefficient (Wildman–Crippen LogP) is 5.20. The summed E-state index contributed by atoms with van der Waals surface area (Å²) in [6.07, 6.45) is -4.48. The van der Waals surface area contributed by atoms with Gasteiger partial charge in [0.2, 0.25) is 12.7 Å². The maximum absolute atomic E-state index is 13.5. The number of hydrogen-bond acceptors (Lipinski definition) is 6. The fraction of sp³-hybridized carbons (Fsp3) is 0.308. The Morgan fingerprint density at radius 2 is 1.79 bits per heavy atom. The fourth-order valence-corrected chi connectivity index (χ4v) is 4.46. The molecule has 1 aliphatic heterocycles. The van der Waals surface area contributed by atoms with Crippen LogP contribution in [0, 0.1) is 0 Å². The van der Waals surface area contributed by atoms with E-state index in [0.717, 1.165) is 22.6 Å². The quantitative estimate of drug-likeness (QED) is 0.376. The molecule has 2 aromatic carbocycles. The largest absolute Gasteiger partial charge is 0.454 e. The van der Waals surface area contributed by atoms with Crippen LogP contribution in [-0.4, -0.2) is 55.3 Å². The van der Waals surface area contributed by atoms with E-state index in [1.54, 1.807) is 11.0 Å². The highest BCUT2D eigenvalue weighted by Crippen LogP contribution is 2.33. The predicted molar refractivity (Wildman–Crippen MR) is 135 cm³/mol. The Balaban J connectivity index is 1.48. The van der Waals surface area contributed by atoms with E-state index in [1.165, 1.54) is 35.5 Å². The minimum atomic E-state index is -4.48. The number of ether oxygens (including phenoxy) is 3. The third-order valence-electron chi connectivity index (χ3n) is 5.73. The molecule has 38 heavy (non-hydrogen) atoms. The van der Waals surface area contributed by atoms with Crippen LogP contribution >= 0.6 is 11.3 Å². The molecule has 0 radical (unpaired) electrons. The SMILES string of the molecule is COCCN(CC(=O)N(Cc1ccc2c(c1)OCO2)Cc1cccs1)C(=O)Nc1ccc(C(F)(F)F)cc1. The lowest BCUT2D eigenvalue weighted by molar-refractivity contribution is -0.137.